The van der Waals surface area contributed by atoms with Gasteiger partial charge in [0.05, 0.1) is 18.5 Å². The molecule has 100 valence electrons. The lowest BCUT2D eigenvalue weighted by Crippen LogP contribution is -2.05. The van der Waals surface area contributed by atoms with Gasteiger partial charge in [-0.2, -0.15) is 0 Å². The first-order chi connectivity index (χ1) is 9.11. The Labute approximate surface area is 117 Å². The van der Waals surface area contributed by atoms with Gasteiger partial charge in [0.2, 0.25) is 0 Å². The van der Waals surface area contributed by atoms with Gasteiger partial charge in [-0.05, 0) is 31.2 Å². The maximum Gasteiger partial charge on any atom is 0.126 e. The van der Waals surface area contributed by atoms with Crippen LogP contribution < -0.4 is 15.8 Å². The van der Waals surface area contributed by atoms with E-state index in [1.54, 1.807) is 7.11 Å². The summed E-state index contributed by atoms with van der Waals surface area (Å²) in [5.41, 5.74) is 8.12. The lowest BCUT2D eigenvalue weighted by molar-refractivity contribution is 0.410. The molecule has 0 spiro atoms. The summed E-state index contributed by atoms with van der Waals surface area (Å²) >= 11 is 6.17. The molecular weight excluding hydrogens is 262 g/mol. The van der Waals surface area contributed by atoms with E-state index in [4.69, 9.17) is 22.1 Å². The largest absolute Gasteiger partial charge is 0.496 e. The molecule has 0 amide bonds. The van der Waals surface area contributed by atoms with E-state index in [1.807, 2.05) is 37.3 Å². The zero-order chi connectivity index (χ0) is 13.8. The fraction of sp³-hybridized carbons (Fsp3) is 0.214. The minimum absolute atomic E-state index is 0.541. The first-order valence-electron chi connectivity index (χ1n) is 5.90. The fourth-order valence-electron chi connectivity index (χ4n) is 1.75. The average molecular weight is 278 g/mol. The molecule has 2 rings (SSSR count). The maximum atomic E-state index is 6.17. The number of nitrogen functional groups attached to an aromatic ring is 1. The van der Waals surface area contributed by atoms with Crippen LogP contribution in [-0.4, -0.2) is 12.1 Å². The number of hydrogen-bond donors (Lipinski definition) is 2. The van der Waals surface area contributed by atoms with Crippen LogP contribution in [0.5, 0.6) is 5.75 Å². The number of methoxy groups -OCH3 is 1. The molecule has 0 saturated heterocycles. The number of aryl methyl sites for hydroxylation is 1. The number of aromatic nitrogens is 1. The first kappa shape index (κ1) is 13.5. The third-order valence-electron chi connectivity index (χ3n) is 2.87. The second-order valence-electron chi connectivity index (χ2n) is 4.15. The molecule has 1 heterocycles. The summed E-state index contributed by atoms with van der Waals surface area (Å²) in [6.07, 6.45) is 0. The number of pyridine rings is 1. The van der Waals surface area contributed by atoms with Crippen LogP contribution in [0.4, 0.5) is 11.5 Å². The standard InChI is InChI=1S/C14H16ClN3O/c1-9-12(16)6-7-14(18-9)17-8-10-11(15)4-3-5-13(10)19-2/h3-7H,8,16H2,1-2H3,(H,17,18). The highest BCUT2D eigenvalue weighted by Gasteiger charge is 2.07. The van der Waals surface area contributed by atoms with Crippen molar-refractivity contribution in [1.82, 2.24) is 4.98 Å². The second kappa shape index (κ2) is 5.80. The van der Waals surface area contributed by atoms with E-state index in [1.165, 1.54) is 0 Å². The van der Waals surface area contributed by atoms with Crippen molar-refractivity contribution >= 4 is 23.1 Å². The first-order valence-corrected chi connectivity index (χ1v) is 6.28. The molecule has 0 atom stereocenters. The molecule has 0 aliphatic carbocycles. The van der Waals surface area contributed by atoms with Crippen LogP contribution in [0.2, 0.25) is 5.02 Å². The van der Waals surface area contributed by atoms with E-state index >= 15 is 0 Å². The van der Waals surface area contributed by atoms with Crippen LogP contribution in [0, 0.1) is 6.92 Å². The minimum Gasteiger partial charge on any atom is -0.496 e. The number of nitrogens with one attached hydrogen (secondary N) is 1. The van der Waals surface area contributed by atoms with Crippen LogP contribution in [0.1, 0.15) is 11.3 Å². The summed E-state index contributed by atoms with van der Waals surface area (Å²) < 4.78 is 5.29. The Morgan fingerprint density at radius 2 is 2.11 bits per heavy atom. The number of rotatable bonds is 4. The smallest absolute Gasteiger partial charge is 0.126 e. The Morgan fingerprint density at radius 3 is 2.79 bits per heavy atom. The lowest BCUT2D eigenvalue weighted by Gasteiger charge is -2.12. The van der Waals surface area contributed by atoms with Crippen LogP contribution in [0.15, 0.2) is 30.3 Å². The Balaban J connectivity index is 2.16. The van der Waals surface area contributed by atoms with Gasteiger partial charge < -0.3 is 15.8 Å². The van der Waals surface area contributed by atoms with Crippen molar-refractivity contribution in [2.45, 2.75) is 13.5 Å². The Morgan fingerprint density at radius 1 is 1.32 bits per heavy atom. The molecule has 5 heteroatoms. The van der Waals surface area contributed by atoms with Gasteiger partial charge in [0.15, 0.2) is 0 Å². The number of hydrogen-bond acceptors (Lipinski definition) is 4. The van der Waals surface area contributed by atoms with E-state index in [0.717, 1.165) is 22.8 Å². The number of halogens is 1. The topological polar surface area (TPSA) is 60.2 Å². The molecule has 1 aromatic carbocycles. The fourth-order valence-corrected chi connectivity index (χ4v) is 1.98. The van der Waals surface area contributed by atoms with Gasteiger partial charge >= 0.3 is 0 Å². The second-order valence-corrected chi connectivity index (χ2v) is 4.55. The van der Waals surface area contributed by atoms with Crippen LogP contribution in [0.3, 0.4) is 0 Å². The van der Waals surface area contributed by atoms with Gasteiger partial charge in [0, 0.05) is 17.1 Å². The van der Waals surface area contributed by atoms with Gasteiger partial charge in [0.25, 0.3) is 0 Å². The molecule has 4 nitrogen and oxygen atoms in total. The van der Waals surface area contributed by atoms with Crippen molar-refractivity contribution in [2.24, 2.45) is 0 Å². The van der Waals surface area contributed by atoms with Crippen molar-refractivity contribution in [1.29, 1.82) is 0 Å². The third-order valence-corrected chi connectivity index (χ3v) is 3.22. The molecule has 0 bridgehead atoms. The monoisotopic (exact) mass is 277 g/mol. The highest BCUT2D eigenvalue weighted by molar-refractivity contribution is 6.31. The summed E-state index contributed by atoms with van der Waals surface area (Å²) in [6.45, 7) is 2.41. The van der Waals surface area contributed by atoms with Crippen molar-refractivity contribution in [2.75, 3.05) is 18.2 Å². The Bertz CT molecular complexity index is 587. The van der Waals surface area contributed by atoms with Gasteiger partial charge in [-0.25, -0.2) is 4.98 Å². The van der Waals surface area contributed by atoms with Crippen LogP contribution in [-0.2, 0) is 6.54 Å². The summed E-state index contributed by atoms with van der Waals surface area (Å²) in [5, 5.41) is 3.88. The van der Waals surface area contributed by atoms with Gasteiger partial charge in [0.1, 0.15) is 11.6 Å². The van der Waals surface area contributed by atoms with Gasteiger partial charge in [-0.1, -0.05) is 17.7 Å². The van der Waals surface area contributed by atoms with Gasteiger partial charge in [-0.3, -0.25) is 0 Å². The quantitative estimate of drug-likeness (QED) is 0.901. The van der Waals surface area contributed by atoms with Crippen molar-refractivity contribution in [3.63, 3.8) is 0 Å². The minimum atomic E-state index is 0.541. The molecular formula is C14H16ClN3O. The SMILES string of the molecule is COc1cccc(Cl)c1CNc1ccc(N)c(C)n1. The van der Waals surface area contributed by atoms with Gasteiger partial charge in [-0.15, -0.1) is 0 Å². The van der Waals surface area contributed by atoms with E-state index in [0.29, 0.717) is 17.3 Å². The predicted molar refractivity (Wildman–Crippen MR) is 78.7 cm³/mol. The summed E-state index contributed by atoms with van der Waals surface area (Å²) in [5.74, 6) is 1.51. The molecule has 0 unspecified atom stereocenters. The molecule has 1 aromatic heterocycles. The Hall–Kier alpha value is -1.94. The number of anilines is 2. The number of nitrogens with zero attached hydrogens (tertiary/aromatic N) is 1. The number of nitrogens with two attached hydrogens (primary N) is 1. The Kier molecular flexibility index (Phi) is 4.12. The van der Waals surface area contributed by atoms with Crippen LogP contribution >= 0.6 is 11.6 Å². The predicted octanol–water partition coefficient (Wildman–Crippen LogP) is 3.25. The zero-order valence-electron chi connectivity index (χ0n) is 10.9. The third kappa shape index (κ3) is 3.09. The molecule has 0 saturated carbocycles. The summed E-state index contributed by atoms with van der Waals surface area (Å²) in [4.78, 5) is 4.35. The maximum absolute atomic E-state index is 6.17. The van der Waals surface area contributed by atoms with E-state index in [2.05, 4.69) is 10.3 Å². The van der Waals surface area contributed by atoms with Crippen molar-refractivity contribution in [3.8, 4) is 5.75 Å². The number of ether oxygens (including phenoxy) is 1. The molecule has 0 aliphatic heterocycles. The van der Waals surface area contributed by atoms with E-state index in [-0.39, 0.29) is 0 Å². The van der Waals surface area contributed by atoms with Crippen LogP contribution in [0.25, 0.3) is 0 Å². The molecule has 2 aromatic rings. The summed E-state index contributed by atoms with van der Waals surface area (Å²) in [7, 11) is 1.63. The average Bonchev–Trinajstić information content (AvgIpc) is 2.41. The molecule has 0 fully saturated rings. The number of benzene rings is 1. The highest BCUT2D eigenvalue weighted by atomic mass is 35.5. The summed E-state index contributed by atoms with van der Waals surface area (Å²) in [6, 6.07) is 9.24. The van der Waals surface area contributed by atoms with Crippen molar-refractivity contribution in [3.05, 3.63) is 46.6 Å². The molecule has 0 aliphatic rings. The molecule has 19 heavy (non-hydrogen) atoms. The highest BCUT2D eigenvalue weighted by Crippen LogP contribution is 2.27. The molecule has 0 radical (unpaired) electrons. The molecule has 3 N–H and O–H groups in total. The lowest BCUT2D eigenvalue weighted by atomic mass is 10.2. The van der Waals surface area contributed by atoms with E-state index in [9.17, 15) is 0 Å². The van der Waals surface area contributed by atoms with Crippen molar-refractivity contribution < 1.29 is 4.74 Å². The zero-order valence-corrected chi connectivity index (χ0v) is 11.7. The van der Waals surface area contributed by atoms with E-state index < -0.39 is 0 Å². The normalized spacial score (nSPS) is 10.3.